The van der Waals surface area contributed by atoms with Crippen LogP contribution in [0.15, 0.2) is 93.4 Å². The van der Waals surface area contributed by atoms with Gasteiger partial charge in [0.25, 0.3) is 11.8 Å². The first kappa shape index (κ1) is 25.6. The molecule has 6 nitrogen and oxygen atoms in total. The van der Waals surface area contributed by atoms with Gasteiger partial charge >= 0.3 is 6.03 Å². The average molecular weight is 732 g/mol. The Bertz CT molecular complexity index is 1580. The van der Waals surface area contributed by atoms with Crippen LogP contribution in [0.3, 0.4) is 0 Å². The number of hydrogen-bond acceptors (Lipinski definition) is 4. The van der Waals surface area contributed by atoms with E-state index in [9.17, 15) is 14.4 Å². The van der Waals surface area contributed by atoms with Crippen LogP contribution in [0.5, 0.6) is 5.75 Å². The topological polar surface area (TPSA) is 75.7 Å². The third-order valence-corrected chi connectivity index (χ3v) is 7.63. The number of nitrogens with one attached hydrogen (secondary N) is 1. The second-order valence-corrected chi connectivity index (χ2v) is 11.2. The molecule has 0 atom stereocenters. The van der Waals surface area contributed by atoms with Crippen LogP contribution < -0.4 is 15.0 Å². The van der Waals surface area contributed by atoms with Crippen molar-refractivity contribution in [3.05, 3.63) is 108 Å². The number of ether oxygens (including phenoxy) is 1. The lowest BCUT2D eigenvalue weighted by Crippen LogP contribution is -2.54. The lowest BCUT2D eigenvalue weighted by molar-refractivity contribution is -0.122. The minimum Gasteiger partial charge on any atom is -0.487 e. The molecule has 1 heterocycles. The normalized spacial score (nSPS) is 14.8. The summed E-state index contributed by atoms with van der Waals surface area (Å²) in [6, 6.07) is 23.8. The van der Waals surface area contributed by atoms with Crippen LogP contribution in [0.2, 0.25) is 0 Å². The summed E-state index contributed by atoms with van der Waals surface area (Å²) < 4.78 is 8.38. The molecular weight excluding hydrogens is 715 g/mol. The van der Waals surface area contributed by atoms with E-state index >= 15 is 0 Å². The molecule has 0 aromatic heterocycles. The van der Waals surface area contributed by atoms with Crippen LogP contribution in [-0.4, -0.2) is 17.8 Å². The van der Waals surface area contributed by atoms with Gasteiger partial charge in [-0.1, -0.05) is 52.3 Å². The molecular formula is C28H17Br2IN2O4. The zero-order valence-electron chi connectivity index (χ0n) is 19.0. The fourth-order valence-electron chi connectivity index (χ4n) is 3.93. The molecule has 9 heteroatoms. The van der Waals surface area contributed by atoms with Crippen molar-refractivity contribution in [2.45, 2.75) is 6.61 Å². The summed E-state index contributed by atoms with van der Waals surface area (Å²) in [6.07, 6.45) is 1.47. The number of benzene rings is 4. The number of amides is 4. The Hall–Kier alpha value is -3.02. The Morgan fingerprint density at radius 1 is 0.892 bits per heavy atom. The van der Waals surface area contributed by atoms with Gasteiger partial charge in [0.1, 0.15) is 17.9 Å². The molecule has 5 rings (SSSR count). The smallest absolute Gasteiger partial charge is 0.335 e. The quantitative estimate of drug-likeness (QED) is 0.134. The fourth-order valence-corrected chi connectivity index (χ4v) is 5.97. The molecule has 0 saturated carbocycles. The fraction of sp³-hybridized carbons (Fsp3) is 0.0357. The molecule has 1 fully saturated rings. The molecule has 4 aromatic carbocycles. The predicted molar refractivity (Wildman–Crippen MR) is 158 cm³/mol. The summed E-state index contributed by atoms with van der Waals surface area (Å²) in [5, 5.41) is 4.56. The van der Waals surface area contributed by atoms with Gasteiger partial charge < -0.3 is 4.74 Å². The van der Waals surface area contributed by atoms with Crippen molar-refractivity contribution in [2.24, 2.45) is 0 Å². The molecule has 1 saturated heterocycles. The highest BCUT2D eigenvalue weighted by atomic mass is 127. The SMILES string of the molecule is O=C1NC(=O)N(c2ccc(Br)cc2)C(=O)/C1=C/c1cc(Br)c(OCc2ccc3ccccc3c2)c(I)c1. The molecule has 0 radical (unpaired) electrons. The lowest BCUT2D eigenvalue weighted by Gasteiger charge is -2.26. The third-order valence-electron chi connectivity index (χ3n) is 5.72. The van der Waals surface area contributed by atoms with Crippen molar-refractivity contribution in [1.29, 1.82) is 0 Å². The van der Waals surface area contributed by atoms with Gasteiger partial charge in [0.05, 0.1) is 13.7 Å². The Morgan fingerprint density at radius 3 is 2.35 bits per heavy atom. The van der Waals surface area contributed by atoms with E-state index in [-0.39, 0.29) is 5.57 Å². The van der Waals surface area contributed by atoms with Crippen LogP contribution in [-0.2, 0) is 16.2 Å². The zero-order chi connectivity index (χ0) is 26.1. The number of nitrogens with zero attached hydrogens (tertiary/aromatic N) is 1. The van der Waals surface area contributed by atoms with Crippen molar-refractivity contribution < 1.29 is 19.1 Å². The summed E-state index contributed by atoms with van der Waals surface area (Å²) in [6.45, 7) is 0.380. The van der Waals surface area contributed by atoms with Gasteiger partial charge in [-0.25, -0.2) is 9.69 Å². The van der Waals surface area contributed by atoms with Crippen molar-refractivity contribution in [3.63, 3.8) is 0 Å². The van der Waals surface area contributed by atoms with Gasteiger partial charge in [-0.2, -0.15) is 0 Å². The molecule has 37 heavy (non-hydrogen) atoms. The standard InChI is InChI=1S/C28H17Br2IN2O4/c29-20-7-9-21(10-8-20)33-27(35)22(26(34)32-28(33)36)12-17-13-23(30)25(24(31)14-17)37-15-16-5-6-18-3-1-2-4-19(18)11-16/h1-14H,15H2,(H,32,34,36)/b22-12+. The Labute approximate surface area is 243 Å². The van der Waals surface area contributed by atoms with Crippen LogP contribution >= 0.6 is 54.5 Å². The maximum Gasteiger partial charge on any atom is 0.335 e. The lowest BCUT2D eigenvalue weighted by atomic mass is 10.1. The highest BCUT2D eigenvalue weighted by Crippen LogP contribution is 2.34. The van der Waals surface area contributed by atoms with Crippen molar-refractivity contribution in [3.8, 4) is 5.75 Å². The first-order chi connectivity index (χ1) is 17.8. The number of carbonyl (C=O) groups is 3. The van der Waals surface area contributed by atoms with E-state index in [1.54, 1.807) is 30.3 Å². The number of imide groups is 2. The second kappa shape index (κ2) is 10.8. The highest BCUT2D eigenvalue weighted by molar-refractivity contribution is 14.1. The molecule has 1 N–H and O–H groups in total. The zero-order valence-corrected chi connectivity index (χ0v) is 24.3. The Morgan fingerprint density at radius 2 is 1.62 bits per heavy atom. The molecule has 0 aliphatic carbocycles. The van der Waals surface area contributed by atoms with E-state index in [0.717, 1.165) is 23.9 Å². The van der Waals surface area contributed by atoms with Gasteiger partial charge in [-0.15, -0.1) is 0 Å². The number of anilines is 1. The first-order valence-electron chi connectivity index (χ1n) is 11.1. The van der Waals surface area contributed by atoms with Crippen LogP contribution in [0.25, 0.3) is 16.8 Å². The summed E-state index contributed by atoms with van der Waals surface area (Å²) in [4.78, 5) is 39.1. The van der Waals surface area contributed by atoms with Crippen molar-refractivity contribution in [1.82, 2.24) is 5.32 Å². The Kier molecular flexibility index (Phi) is 7.45. The number of barbiturate groups is 1. The van der Waals surface area contributed by atoms with E-state index in [0.29, 0.717) is 28.1 Å². The molecule has 1 aliphatic heterocycles. The highest BCUT2D eigenvalue weighted by Gasteiger charge is 2.36. The largest absolute Gasteiger partial charge is 0.487 e. The summed E-state index contributed by atoms with van der Waals surface area (Å²) in [5.74, 6) is -0.785. The number of rotatable bonds is 5. The molecule has 0 bridgehead atoms. The van der Waals surface area contributed by atoms with E-state index in [4.69, 9.17) is 4.74 Å². The maximum atomic E-state index is 13.2. The number of halogens is 3. The third kappa shape index (κ3) is 5.48. The number of urea groups is 1. The first-order valence-corrected chi connectivity index (χ1v) is 13.7. The molecule has 4 aromatic rings. The van der Waals surface area contributed by atoms with E-state index in [2.05, 4.69) is 84.0 Å². The van der Waals surface area contributed by atoms with Crippen LogP contribution in [0.4, 0.5) is 10.5 Å². The molecule has 1 aliphatic rings. The van der Waals surface area contributed by atoms with E-state index in [1.807, 2.05) is 24.3 Å². The molecule has 0 unspecified atom stereocenters. The summed E-state index contributed by atoms with van der Waals surface area (Å²) in [5.41, 5.74) is 1.86. The van der Waals surface area contributed by atoms with Gasteiger partial charge in [-0.05, 0) is 109 Å². The average Bonchev–Trinajstić information content (AvgIpc) is 2.87. The molecule has 4 amide bonds. The van der Waals surface area contributed by atoms with Gasteiger partial charge in [0, 0.05) is 4.47 Å². The number of hydrogen-bond donors (Lipinski definition) is 1. The Balaban J connectivity index is 1.39. The summed E-state index contributed by atoms with van der Waals surface area (Å²) >= 11 is 9.05. The van der Waals surface area contributed by atoms with Crippen LogP contribution in [0.1, 0.15) is 11.1 Å². The monoisotopic (exact) mass is 730 g/mol. The predicted octanol–water partition coefficient (Wildman–Crippen LogP) is 7.21. The van der Waals surface area contributed by atoms with Gasteiger partial charge in [0.15, 0.2) is 0 Å². The molecule has 184 valence electrons. The van der Waals surface area contributed by atoms with E-state index in [1.165, 1.54) is 11.5 Å². The minimum absolute atomic E-state index is 0.143. The number of carbonyl (C=O) groups excluding carboxylic acids is 3. The molecule has 0 spiro atoms. The van der Waals surface area contributed by atoms with Gasteiger partial charge in [-0.3, -0.25) is 14.9 Å². The summed E-state index contributed by atoms with van der Waals surface area (Å²) in [7, 11) is 0. The van der Waals surface area contributed by atoms with Crippen molar-refractivity contribution >= 4 is 94.8 Å². The van der Waals surface area contributed by atoms with Gasteiger partial charge in [0.2, 0.25) is 0 Å². The van der Waals surface area contributed by atoms with Crippen molar-refractivity contribution in [2.75, 3.05) is 4.90 Å². The minimum atomic E-state index is -0.789. The second-order valence-electron chi connectivity index (χ2n) is 8.22. The van der Waals surface area contributed by atoms with E-state index < -0.39 is 17.8 Å². The van der Waals surface area contributed by atoms with Crippen LogP contribution in [0, 0.1) is 3.57 Å². The maximum absolute atomic E-state index is 13.2. The number of fused-ring (bicyclic) bond motifs is 1.